The number of unbranched alkanes of at least 4 members (excludes halogenated alkanes) is 1. The third kappa shape index (κ3) is 4.50. The van der Waals surface area contributed by atoms with Crippen LogP contribution in [0, 0.1) is 0 Å². The van der Waals surface area contributed by atoms with Gasteiger partial charge in [-0.05, 0) is 12.5 Å². The number of hydrogen-bond acceptors (Lipinski definition) is 4. The fraction of sp³-hybridized carbons (Fsp3) is 0.444. The van der Waals surface area contributed by atoms with Gasteiger partial charge in [0, 0.05) is 63.5 Å². The van der Waals surface area contributed by atoms with Crippen molar-refractivity contribution >= 4 is 11.9 Å². The second kappa shape index (κ2) is 8.38. The number of carbonyl (C=O) groups excluding carboxylic acids is 1. The number of aromatic nitrogens is 3. The molecule has 0 spiro atoms. The summed E-state index contributed by atoms with van der Waals surface area (Å²) < 4.78 is 2.16. The van der Waals surface area contributed by atoms with Crippen molar-refractivity contribution in [3.05, 3.63) is 49.1 Å². The van der Waals surface area contributed by atoms with Crippen molar-refractivity contribution < 1.29 is 9.36 Å². The van der Waals surface area contributed by atoms with Gasteiger partial charge in [-0.2, -0.15) is 0 Å². The van der Waals surface area contributed by atoms with Gasteiger partial charge in [0.25, 0.3) is 0 Å². The van der Waals surface area contributed by atoms with Crippen LogP contribution in [0.3, 0.4) is 0 Å². The van der Waals surface area contributed by atoms with Crippen LogP contribution in [-0.2, 0) is 11.3 Å². The van der Waals surface area contributed by atoms with Gasteiger partial charge >= 0.3 is 0 Å². The Morgan fingerprint density at radius 2 is 1.67 bits per heavy atom. The molecule has 2 aromatic rings. The Bertz CT molecular complexity index is 626. The summed E-state index contributed by atoms with van der Waals surface area (Å²) in [5.74, 6) is 1.02. The molecule has 1 saturated heterocycles. The Hall–Kier alpha value is -2.50. The predicted molar refractivity (Wildman–Crippen MR) is 91.3 cm³/mol. The molecule has 6 nitrogen and oxygen atoms in total. The minimum absolute atomic E-state index is 0.265. The first kappa shape index (κ1) is 16.4. The van der Waals surface area contributed by atoms with Crippen LogP contribution in [0.2, 0.25) is 0 Å². The maximum atomic E-state index is 12.3. The molecular weight excluding hydrogens is 302 g/mol. The van der Waals surface area contributed by atoms with Crippen LogP contribution in [0.5, 0.6) is 0 Å². The third-order valence-corrected chi connectivity index (χ3v) is 4.30. The molecule has 3 heterocycles. The van der Waals surface area contributed by atoms with Crippen molar-refractivity contribution in [2.45, 2.75) is 25.8 Å². The first-order valence-electron chi connectivity index (χ1n) is 8.57. The zero-order valence-corrected chi connectivity index (χ0v) is 13.9. The molecule has 0 radical (unpaired) electrons. The minimum atomic E-state index is 0.265. The highest BCUT2D eigenvalue weighted by atomic mass is 16.2. The van der Waals surface area contributed by atoms with Gasteiger partial charge in [-0.15, -0.1) is 0 Å². The van der Waals surface area contributed by atoms with Gasteiger partial charge in [-0.25, -0.2) is 14.5 Å². The smallest absolute Gasteiger partial charge is 0.225 e. The van der Waals surface area contributed by atoms with Gasteiger partial charge in [-0.1, -0.05) is 6.07 Å². The standard InChI is InChI=1S/C18H24N5O/c24-17(7-2-5-12-21-10-3-1-4-11-21)22-13-15-23(16-14-22)18-19-8-6-9-20-18/h1,3-4,6,8-11H,2,5,7,12-16H2/q+1. The van der Waals surface area contributed by atoms with Crippen LogP contribution in [0.25, 0.3) is 0 Å². The highest BCUT2D eigenvalue weighted by Gasteiger charge is 2.21. The largest absolute Gasteiger partial charge is 0.339 e. The van der Waals surface area contributed by atoms with Crippen molar-refractivity contribution in [1.82, 2.24) is 14.9 Å². The molecular formula is C18H24N5O+. The average Bonchev–Trinajstić information content (AvgIpc) is 2.67. The van der Waals surface area contributed by atoms with Crippen molar-refractivity contribution in [3.63, 3.8) is 0 Å². The highest BCUT2D eigenvalue weighted by Crippen LogP contribution is 2.11. The van der Waals surface area contributed by atoms with Gasteiger partial charge in [0.15, 0.2) is 12.4 Å². The molecule has 0 saturated carbocycles. The molecule has 0 bridgehead atoms. The third-order valence-electron chi connectivity index (χ3n) is 4.30. The lowest BCUT2D eigenvalue weighted by molar-refractivity contribution is -0.697. The SMILES string of the molecule is O=C(CCCC[n+]1ccccc1)N1CCN(c2ncccn2)CC1. The number of nitrogens with zero attached hydrogens (tertiary/aromatic N) is 5. The van der Waals surface area contributed by atoms with Crippen molar-refractivity contribution in [2.24, 2.45) is 0 Å². The number of pyridine rings is 1. The second-order valence-corrected chi connectivity index (χ2v) is 5.99. The molecule has 0 unspecified atom stereocenters. The summed E-state index contributed by atoms with van der Waals surface area (Å²) in [6.45, 7) is 4.08. The van der Waals surface area contributed by atoms with Gasteiger partial charge in [0.1, 0.15) is 6.54 Å². The number of amides is 1. The number of anilines is 1. The van der Waals surface area contributed by atoms with E-state index in [1.54, 1.807) is 12.4 Å². The van der Waals surface area contributed by atoms with E-state index in [-0.39, 0.29) is 5.91 Å². The van der Waals surface area contributed by atoms with Crippen molar-refractivity contribution in [3.8, 4) is 0 Å². The Kier molecular flexibility index (Phi) is 5.71. The molecule has 24 heavy (non-hydrogen) atoms. The molecule has 0 aliphatic carbocycles. The van der Waals surface area contributed by atoms with Gasteiger partial charge < -0.3 is 9.80 Å². The summed E-state index contributed by atoms with van der Waals surface area (Å²) in [6.07, 6.45) is 10.2. The summed E-state index contributed by atoms with van der Waals surface area (Å²) >= 11 is 0. The lowest BCUT2D eigenvalue weighted by atomic mass is 10.2. The van der Waals surface area contributed by atoms with Crippen molar-refractivity contribution in [2.75, 3.05) is 31.1 Å². The Labute approximate surface area is 142 Å². The Morgan fingerprint density at radius 3 is 2.38 bits per heavy atom. The van der Waals surface area contributed by atoms with Gasteiger partial charge in [-0.3, -0.25) is 4.79 Å². The molecule has 1 fully saturated rings. The van der Waals surface area contributed by atoms with E-state index in [1.807, 2.05) is 29.2 Å². The predicted octanol–water partition coefficient (Wildman–Crippen LogP) is 1.28. The summed E-state index contributed by atoms with van der Waals surface area (Å²) in [7, 11) is 0. The topological polar surface area (TPSA) is 53.2 Å². The van der Waals surface area contributed by atoms with Crippen LogP contribution in [0.4, 0.5) is 5.95 Å². The fourth-order valence-corrected chi connectivity index (χ4v) is 2.92. The maximum Gasteiger partial charge on any atom is 0.225 e. The maximum absolute atomic E-state index is 12.3. The molecule has 0 atom stereocenters. The quantitative estimate of drug-likeness (QED) is 0.593. The number of hydrogen-bond donors (Lipinski definition) is 0. The van der Waals surface area contributed by atoms with Crippen LogP contribution >= 0.6 is 0 Å². The van der Waals surface area contributed by atoms with Crippen LogP contribution in [-0.4, -0.2) is 47.0 Å². The molecule has 1 amide bonds. The first-order chi connectivity index (χ1) is 11.8. The van der Waals surface area contributed by atoms with E-state index in [2.05, 4.69) is 31.8 Å². The highest BCUT2D eigenvalue weighted by molar-refractivity contribution is 5.76. The van der Waals surface area contributed by atoms with Crippen LogP contribution < -0.4 is 9.47 Å². The first-order valence-corrected chi connectivity index (χ1v) is 8.57. The van der Waals surface area contributed by atoms with E-state index in [0.717, 1.165) is 51.5 Å². The Morgan fingerprint density at radius 1 is 0.958 bits per heavy atom. The molecule has 6 heteroatoms. The average molecular weight is 326 g/mol. The normalized spacial score (nSPS) is 14.7. The molecule has 0 aromatic carbocycles. The molecule has 0 N–H and O–H groups in total. The van der Waals surface area contributed by atoms with Gasteiger partial charge in [0.05, 0.1) is 0 Å². The molecule has 3 rings (SSSR count). The summed E-state index contributed by atoms with van der Waals surface area (Å²) in [6, 6.07) is 7.89. The van der Waals surface area contributed by atoms with Crippen molar-refractivity contribution in [1.29, 1.82) is 0 Å². The lowest BCUT2D eigenvalue weighted by Gasteiger charge is -2.34. The monoisotopic (exact) mass is 326 g/mol. The summed E-state index contributed by atoms with van der Waals surface area (Å²) in [4.78, 5) is 25.0. The zero-order valence-electron chi connectivity index (χ0n) is 13.9. The van der Waals surface area contributed by atoms with E-state index in [9.17, 15) is 4.79 Å². The Balaban J connectivity index is 1.36. The summed E-state index contributed by atoms with van der Waals surface area (Å²) in [5.41, 5.74) is 0. The van der Waals surface area contributed by atoms with E-state index in [4.69, 9.17) is 0 Å². The molecule has 1 aliphatic rings. The van der Waals surface area contributed by atoms with Gasteiger partial charge in [0.2, 0.25) is 11.9 Å². The number of aryl methyl sites for hydroxylation is 1. The molecule has 126 valence electrons. The lowest BCUT2D eigenvalue weighted by Crippen LogP contribution is -2.49. The van der Waals surface area contributed by atoms with Crippen LogP contribution in [0.15, 0.2) is 49.1 Å². The summed E-state index contributed by atoms with van der Waals surface area (Å²) in [5, 5.41) is 0. The van der Waals surface area contributed by atoms with E-state index in [1.165, 1.54) is 0 Å². The van der Waals surface area contributed by atoms with Crippen LogP contribution in [0.1, 0.15) is 19.3 Å². The fourth-order valence-electron chi connectivity index (χ4n) is 2.92. The van der Waals surface area contributed by atoms with E-state index < -0.39 is 0 Å². The number of piperazine rings is 1. The molecule has 1 aliphatic heterocycles. The van der Waals surface area contributed by atoms with E-state index >= 15 is 0 Å². The minimum Gasteiger partial charge on any atom is -0.339 e. The zero-order chi connectivity index (χ0) is 16.6. The molecule has 2 aromatic heterocycles. The second-order valence-electron chi connectivity index (χ2n) is 5.99. The number of carbonyl (C=O) groups is 1. The number of rotatable bonds is 6. The van der Waals surface area contributed by atoms with E-state index in [0.29, 0.717) is 6.42 Å².